The number of aryl methyl sites for hydroxylation is 2. The predicted octanol–water partition coefficient (Wildman–Crippen LogP) is 3.43. The van der Waals surface area contributed by atoms with Gasteiger partial charge in [-0.3, -0.25) is 14.5 Å². The molecule has 0 aromatic heterocycles. The summed E-state index contributed by atoms with van der Waals surface area (Å²) in [6.07, 6.45) is 1.57. The number of benzene rings is 2. The van der Waals surface area contributed by atoms with Crippen molar-refractivity contribution in [1.29, 1.82) is 0 Å². The minimum absolute atomic E-state index is 0.180. The molecule has 6 nitrogen and oxygen atoms in total. The average molecular weight is 431 g/mol. The first-order valence-electron chi connectivity index (χ1n) is 11.0. The van der Waals surface area contributed by atoms with E-state index in [4.69, 9.17) is 0 Å². The summed E-state index contributed by atoms with van der Waals surface area (Å²) in [7, 11) is 2.14. The number of anilines is 2. The van der Waals surface area contributed by atoms with Crippen LogP contribution in [0.5, 0.6) is 0 Å². The highest BCUT2D eigenvalue weighted by atomic mass is 16.2. The van der Waals surface area contributed by atoms with Crippen LogP contribution in [0.25, 0.3) is 5.57 Å². The molecule has 0 atom stereocenters. The van der Waals surface area contributed by atoms with Crippen LogP contribution in [0.1, 0.15) is 16.7 Å². The Labute approximate surface area is 189 Å². The van der Waals surface area contributed by atoms with E-state index in [2.05, 4.69) is 40.9 Å². The van der Waals surface area contributed by atoms with E-state index in [0.29, 0.717) is 11.3 Å². The van der Waals surface area contributed by atoms with Gasteiger partial charge in [0.15, 0.2) is 0 Å². The summed E-state index contributed by atoms with van der Waals surface area (Å²) in [5, 5.41) is 3.24. The van der Waals surface area contributed by atoms with Crippen molar-refractivity contribution in [3.63, 3.8) is 0 Å². The van der Waals surface area contributed by atoms with Crippen molar-refractivity contribution in [3.05, 3.63) is 77.5 Å². The van der Waals surface area contributed by atoms with Crippen LogP contribution in [0.4, 0.5) is 11.4 Å². The molecule has 0 unspecified atom stereocenters. The van der Waals surface area contributed by atoms with Crippen molar-refractivity contribution >= 4 is 28.8 Å². The lowest BCUT2D eigenvalue weighted by atomic mass is 9.99. The number of hydrogen-bond donors (Lipinski definition) is 1. The molecule has 2 aliphatic rings. The van der Waals surface area contributed by atoms with Crippen molar-refractivity contribution in [3.8, 4) is 0 Å². The fourth-order valence-corrected chi connectivity index (χ4v) is 4.12. The molecule has 6 heteroatoms. The van der Waals surface area contributed by atoms with Gasteiger partial charge in [-0.15, -0.1) is 6.58 Å². The van der Waals surface area contributed by atoms with E-state index in [9.17, 15) is 9.59 Å². The number of carbonyl (C=O) groups excluding carboxylic acids is 2. The van der Waals surface area contributed by atoms with Crippen molar-refractivity contribution < 1.29 is 9.59 Å². The molecule has 0 saturated carbocycles. The largest absolute Gasteiger partial charge is 0.369 e. The topological polar surface area (TPSA) is 55.9 Å². The number of hydrogen-bond acceptors (Lipinski definition) is 5. The van der Waals surface area contributed by atoms with Gasteiger partial charge in [0.2, 0.25) is 0 Å². The molecule has 0 spiro atoms. The van der Waals surface area contributed by atoms with Gasteiger partial charge in [-0.1, -0.05) is 24.3 Å². The Morgan fingerprint density at radius 3 is 2.25 bits per heavy atom. The number of rotatable bonds is 6. The molecule has 166 valence electrons. The highest BCUT2D eigenvalue weighted by Crippen LogP contribution is 2.32. The van der Waals surface area contributed by atoms with E-state index in [1.807, 2.05) is 44.2 Å². The zero-order valence-electron chi connectivity index (χ0n) is 19.0. The van der Waals surface area contributed by atoms with Gasteiger partial charge in [0.05, 0.1) is 5.57 Å². The molecule has 2 aliphatic heterocycles. The van der Waals surface area contributed by atoms with Crippen LogP contribution in [0.2, 0.25) is 0 Å². The van der Waals surface area contributed by atoms with Crippen LogP contribution in [0, 0.1) is 13.8 Å². The van der Waals surface area contributed by atoms with Gasteiger partial charge < -0.3 is 15.1 Å². The molecule has 2 heterocycles. The number of piperazine rings is 1. The van der Waals surface area contributed by atoms with Gasteiger partial charge in [-0.05, 0) is 61.9 Å². The molecular weight excluding hydrogens is 400 g/mol. The van der Waals surface area contributed by atoms with Gasteiger partial charge in [0, 0.05) is 44.1 Å². The molecule has 2 aromatic rings. The van der Waals surface area contributed by atoms with E-state index >= 15 is 0 Å². The molecule has 1 fully saturated rings. The Kier molecular flexibility index (Phi) is 6.15. The molecule has 0 radical (unpaired) electrons. The summed E-state index contributed by atoms with van der Waals surface area (Å²) in [5.74, 6) is -0.624. The van der Waals surface area contributed by atoms with Gasteiger partial charge in [0.1, 0.15) is 5.70 Å². The number of amides is 2. The molecular formula is C26H30N4O2. The van der Waals surface area contributed by atoms with Crippen molar-refractivity contribution in [1.82, 2.24) is 9.80 Å². The van der Waals surface area contributed by atoms with E-state index in [1.54, 1.807) is 6.08 Å². The fraction of sp³-hybridized carbons (Fsp3) is 0.308. The third kappa shape index (κ3) is 4.18. The normalized spacial score (nSPS) is 17.3. The van der Waals surface area contributed by atoms with Gasteiger partial charge in [-0.25, -0.2) is 0 Å². The highest BCUT2D eigenvalue weighted by Gasteiger charge is 2.38. The van der Waals surface area contributed by atoms with Crippen LogP contribution in [-0.4, -0.2) is 61.4 Å². The Bertz CT molecular complexity index is 1080. The van der Waals surface area contributed by atoms with E-state index < -0.39 is 0 Å². The predicted molar refractivity (Wildman–Crippen MR) is 130 cm³/mol. The first-order valence-corrected chi connectivity index (χ1v) is 11.0. The lowest BCUT2D eigenvalue weighted by Crippen LogP contribution is -2.44. The van der Waals surface area contributed by atoms with E-state index in [-0.39, 0.29) is 18.4 Å². The summed E-state index contributed by atoms with van der Waals surface area (Å²) in [6.45, 7) is 12.0. The molecule has 0 aliphatic carbocycles. The Hall–Kier alpha value is -3.38. The Morgan fingerprint density at radius 2 is 1.62 bits per heavy atom. The van der Waals surface area contributed by atoms with Crippen LogP contribution in [-0.2, 0) is 9.59 Å². The quantitative estimate of drug-likeness (QED) is 0.562. The van der Waals surface area contributed by atoms with E-state index in [0.717, 1.165) is 54.2 Å². The standard InChI is InChI=1S/C26H30N4O2/c1-5-12-30-25(31)23(20-7-6-18(2)19(3)17-20)24(26(30)32)27-21-8-10-22(11-9-21)29-15-13-28(4)14-16-29/h5-11,17,27H,1,12-16H2,2-4H3. The summed E-state index contributed by atoms with van der Waals surface area (Å²) in [6, 6.07) is 13.9. The Balaban J connectivity index is 1.64. The first-order chi connectivity index (χ1) is 15.4. The smallest absolute Gasteiger partial charge is 0.278 e. The summed E-state index contributed by atoms with van der Waals surface area (Å²) >= 11 is 0. The van der Waals surface area contributed by atoms with Crippen LogP contribution >= 0.6 is 0 Å². The molecule has 1 N–H and O–H groups in total. The molecule has 32 heavy (non-hydrogen) atoms. The minimum Gasteiger partial charge on any atom is -0.369 e. The third-order valence-corrected chi connectivity index (χ3v) is 6.28. The maximum atomic E-state index is 13.1. The molecule has 2 aromatic carbocycles. The molecule has 2 amide bonds. The summed E-state index contributed by atoms with van der Waals surface area (Å²) in [5.41, 5.74) is 5.62. The molecule has 4 rings (SSSR count). The van der Waals surface area contributed by atoms with Crippen molar-refractivity contribution in [2.45, 2.75) is 13.8 Å². The van der Waals surface area contributed by atoms with Gasteiger partial charge in [0.25, 0.3) is 11.8 Å². The van der Waals surface area contributed by atoms with Crippen LogP contribution in [0.15, 0.2) is 60.8 Å². The summed E-state index contributed by atoms with van der Waals surface area (Å²) < 4.78 is 0. The maximum Gasteiger partial charge on any atom is 0.278 e. The second kappa shape index (κ2) is 9.01. The number of imide groups is 1. The fourth-order valence-electron chi connectivity index (χ4n) is 4.12. The zero-order chi connectivity index (χ0) is 22.8. The lowest BCUT2D eigenvalue weighted by Gasteiger charge is -2.34. The average Bonchev–Trinajstić information content (AvgIpc) is 3.01. The van der Waals surface area contributed by atoms with Gasteiger partial charge in [-0.2, -0.15) is 0 Å². The van der Waals surface area contributed by atoms with Crippen molar-refractivity contribution in [2.75, 3.05) is 50.0 Å². The second-order valence-corrected chi connectivity index (χ2v) is 8.52. The highest BCUT2D eigenvalue weighted by molar-refractivity contribution is 6.36. The monoisotopic (exact) mass is 430 g/mol. The third-order valence-electron chi connectivity index (χ3n) is 6.28. The minimum atomic E-state index is -0.328. The Morgan fingerprint density at radius 1 is 0.938 bits per heavy atom. The number of likely N-dealkylation sites (N-methyl/N-ethyl adjacent to an activating group) is 1. The summed E-state index contributed by atoms with van der Waals surface area (Å²) in [4.78, 5) is 32.2. The van der Waals surface area contributed by atoms with Crippen molar-refractivity contribution in [2.24, 2.45) is 0 Å². The lowest BCUT2D eigenvalue weighted by molar-refractivity contribution is -0.136. The number of nitrogens with one attached hydrogen (secondary N) is 1. The molecule has 0 bridgehead atoms. The SMILES string of the molecule is C=CCN1C(=O)C(Nc2ccc(N3CCN(C)CC3)cc2)=C(c2ccc(C)c(C)c2)C1=O. The van der Waals surface area contributed by atoms with Gasteiger partial charge >= 0.3 is 0 Å². The van der Waals surface area contributed by atoms with Crippen LogP contribution < -0.4 is 10.2 Å². The second-order valence-electron chi connectivity index (χ2n) is 8.52. The van der Waals surface area contributed by atoms with E-state index in [1.165, 1.54) is 4.90 Å². The number of nitrogens with zero attached hydrogens (tertiary/aromatic N) is 3. The molecule has 1 saturated heterocycles. The number of carbonyl (C=O) groups is 2. The van der Waals surface area contributed by atoms with Crippen LogP contribution in [0.3, 0.4) is 0 Å². The first kappa shape index (κ1) is 21.8. The zero-order valence-corrected chi connectivity index (χ0v) is 19.0. The maximum absolute atomic E-state index is 13.1.